The number of hydrogen-bond acceptors (Lipinski definition) is 3. The maximum Gasteiger partial charge on any atom is 0.435 e. The maximum absolute atomic E-state index is 13.4. The zero-order chi connectivity index (χ0) is 22.6. The minimum atomic E-state index is -4.42. The number of alkyl halides is 3. The molecule has 1 aromatic carbocycles. The Morgan fingerprint density at radius 2 is 1.81 bits per heavy atom. The lowest BCUT2D eigenvalue weighted by molar-refractivity contribution is -0.142. The third-order valence-corrected chi connectivity index (χ3v) is 5.25. The Morgan fingerprint density at radius 1 is 1.16 bits per heavy atom. The average molecular weight is 434 g/mol. The van der Waals surface area contributed by atoms with Crippen LogP contribution < -0.4 is 0 Å². The predicted molar refractivity (Wildman–Crippen MR) is 109 cm³/mol. The van der Waals surface area contributed by atoms with Crippen molar-refractivity contribution in [2.45, 2.75) is 58.2 Å². The number of carbonyl (C=O) groups is 1. The molecule has 166 valence electrons. The number of aromatic nitrogens is 4. The third kappa shape index (κ3) is 4.98. The Labute approximate surface area is 178 Å². The fraction of sp³-hybridized carbons (Fsp3) is 0.409. The highest BCUT2D eigenvalue weighted by Crippen LogP contribution is 2.36. The molecule has 1 aliphatic rings. The molecule has 4 rings (SSSR count). The van der Waals surface area contributed by atoms with Crippen molar-refractivity contribution >= 4 is 6.47 Å². The number of imidazole rings is 1. The summed E-state index contributed by atoms with van der Waals surface area (Å²) in [5, 5.41) is 10.8. The summed E-state index contributed by atoms with van der Waals surface area (Å²) in [6.45, 7) is 4.63. The van der Waals surface area contributed by atoms with E-state index in [4.69, 9.17) is 9.90 Å². The number of nitrogens with zero attached hydrogens (tertiary/aromatic N) is 4. The van der Waals surface area contributed by atoms with Crippen LogP contribution in [-0.2, 0) is 30.4 Å². The molecule has 1 N–H and O–H groups in total. The molecule has 0 aliphatic heterocycles. The van der Waals surface area contributed by atoms with Gasteiger partial charge in [-0.3, -0.25) is 4.79 Å². The molecule has 1 aliphatic carbocycles. The zero-order valence-electron chi connectivity index (χ0n) is 17.4. The molecular weight excluding hydrogens is 409 g/mol. The molecular formula is C22H25F3N4O2. The maximum atomic E-state index is 13.4. The zero-order valence-corrected chi connectivity index (χ0v) is 17.4. The van der Waals surface area contributed by atoms with E-state index in [9.17, 15) is 13.2 Å². The topological polar surface area (TPSA) is 72.9 Å². The molecule has 0 spiro atoms. The highest BCUT2D eigenvalue weighted by molar-refractivity contribution is 5.41. The second-order valence-electron chi connectivity index (χ2n) is 7.73. The third-order valence-electron chi connectivity index (χ3n) is 5.25. The SMILES string of the molecule is CC(C)c1nccn1Cc1ccc(-n2nc(C(F)(F)F)c3c2CCCC3)cc1.O=CO. The van der Waals surface area contributed by atoms with Gasteiger partial charge in [-0.15, -0.1) is 0 Å². The molecule has 0 radical (unpaired) electrons. The predicted octanol–water partition coefficient (Wildman–Crippen LogP) is 4.84. The van der Waals surface area contributed by atoms with Crippen molar-refractivity contribution in [3.8, 4) is 5.69 Å². The molecule has 0 bridgehead atoms. The molecule has 0 fully saturated rings. The van der Waals surface area contributed by atoms with E-state index in [1.165, 1.54) is 4.68 Å². The summed E-state index contributed by atoms with van der Waals surface area (Å²) < 4.78 is 43.8. The van der Waals surface area contributed by atoms with Crippen LogP contribution in [0.4, 0.5) is 13.2 Å². The molecule has 0 saturated heterocycles. The van der Waals surface area contributed by atoms with Gasteiger partial charge in [0.15, 0.2) is 5.69 Å². The lowest BCUT2D eigenvalue weighted by Crippen LogP contribution is -2.11. The number of benzene rings is 1. The number of carboxylic acid groups (broad SMARTS) is 1. The summed E-state index contributed by atoms with van der Waals surface area (Å²) in [5.41, 5.74) is 2.07. The second-order valence-corrected chi connectivity index (χ2v) is 7.73. The van der Waals surface area contributed by atoms with E-state index in [0.29, 0.717) is 42.2 Å². The number of halogens is 3. The fourth-order valence-corrected chi connectivity index (χ4v) is 3.93. The van der Waals surface area contributed by atoms with Gasteiger partial charge in [0.2, 0.25) is 0 Å². The van der Waals surface area contributed by atoms with Crippen molar-refractivity contribution in [1.82, 2.24) is 19.3 Å². The number of fused-ring (bicyclic) bond motifs is 1. The van der Waals surface area contributed by atoms with Gasteiger partial charge in [0.25, 0.3) is 6.47 Å². The quantitative estimate of drug-likeness (QED) is 0.597. The molecule has 3 aromatic rings. The normalized spacial score (nSPS) is 13.5. The minimum Gasteiger partial charge on any atom is -0.483 e. The summed E-state index contributed by atoms with van der Waals surface area (Å²) in [6.07, 6.45) is 2.08. The smallest absolute Gasteiger partial charge is 0.435 e. The van der Waals surface area contributed by atoms with Crippen LogP contribution >= 0.6 is 0 Å². The lowest BCUT2D eigenvalue weighted by Gasteiger charge is -2.15. The van der Waals surface area contributed by atoms with Gasteiger partial charge in [-0.2, -0.15) is 18.3 Å². The van der Waals surface area contributed by atoms with Crippen molar-refractivity contribution in [1.29, 1.82) is 0 Å². The summed E-state index contributed by atoms with van der Waals surface area (Å²) in [4.78, 5) is 12.8. The molecule has 0 unspecified atom stereocenters. The lowest BCUT2D eigenvalue weighted by atomic mass is 9.95. The molecule has 9 heteroatoms. The van der Waals surface area contributed by atoms with Crippen LogP contribution in [0.15, 0.2) is 36.7 Å². The van der Waals surface area contributed by atoms with E-state index in [1.54, 1.807) is 6.20 Å². The van der Waals surface area contributed by atoms with Gasteiger partial charge in [-0.1, -0.05) is 26.0 Å². The second kappa shape index (κ2) is 9.36. The van der Waals surface area contributed by atoms with Crippen LogP contribution in [0.2, 0.25) is 0 Å². The Hall–Kier alpha value is -3.10. The highest BCUT2D eigenvalue weighted by atomic mass is 19.4. The molecule has 2 heterocycles. The van der Waals surface area contributed by atoms with Crippen molar-refractivity contribution < 1.29 is 23.1 Å². The van der Waals surface area contributed by atoms with Gasteiger partial charge in [-0.05, 0) is 43.4 Å². The molecule has 0 saturated carbocycles. The fourth-order valence-electron chi connectivity index (χ4n) is 3.93. The van der Waals surface area contributed by atoms with Gasteiger partial charge in [0.1, 0.15) is 5.82 Å². The monoisotopic (exact) mass is 434 g/mol. The summed E-state index contributed by atoms with van der Waals surface area (Å²) in [6, 6.07) is 7.60. The van der Waals surface area contributed by atoms with Crippen LogP contribution in [0.1, 0.15) is 60.9 Å². The molecule has 31 heavy (non-hydrogen) atoms. The average Bonchev–Trinajstić information content (AvgIpc) is 3.34. The summed E-state index contributed by atoms with van der Waals surface area (Å²) in [5.74, 6) is 1.34. The number of hydrogen-bond donors (Lipinski definition) is 1. The van der Waals surface area contributed by atoms with Gasteiger partial charge in [-0.25, -0.2) is 9.67 Å². The van der Waals surface area contributed by atoms with Crippen molar-refractivity contribution in [2.75, 3.05) is 0 Å². The van der Waals surface area contributed by atoms with Crippen molar-refractivity contribution in [3.05, 3.63) is 65.0 Å². The van der Waals surface area contributed by atoms with Crippen LogP contribution in [-0.4, -0.2) is 30.9 Å². The molecule has 0 atom stereocenters. The first-order chi connectivity index (χ1) is 14.8. The summed E-state index contributed by atoms with van der Waals surface area (Å²) in [7, 11) is 0. The molecule has 6 nitrogen and oxygen atoms in total. The van der Waals surface area contributed by atoms with E-state index < -0.39 is 11.9 Å². The standard InChI is InChI=1S/C21H23F3N4.CH2O2/c1-14(2)20-25-11-12-27(20)13-15-7-9-16(10-8-15)28-18-6-4-3-5-17(18)19(26-28)21(22,23)24;2-1-3/h7-12,14H,3-6,13H2,1-2H3;1H,(H,2,3). The van der Waals surface area contributed by atoms with Crippen molar-refractivity contribution in [2.24, 2.45) is 0 Å². The van der Waals surface area contributed by atoms with E-state index in [1.807, 2.05) is 30.5 Å². The van der Waals surface area contributed by atoms with Crippen LogP contribution in [0.5, 0.6) is 0 Å². The largest absolute Gasteiger partial charge is 0.483 e. The van der Waals surface area contributed by atoms with Gasteiger partial charge in [0.05, 0.1) is 5.69 Å². The Bertz CT molecular complexity index is 1020. The van der Waals surface area contributed by atoms with Crippen molar-refractivity contribution in [3.63, 3.8) is 0 Å². The van der Waals surface area contributed by atoms with Crippen LogP contribution in [0, 0.1) is 0 Å². The van der Waals surface area contributed by atoms with E-state index in [-0.39, 0.29) is 6.47 Å². The molecule has 0 amide bonds. The first-order valence-electron chi connectivity index (χ1n) is 10.1. The van der Waals surface area contributed by atoms with Crippen LogP contribution in [0.25, 0.3) is 5.69 Å². The number of rotatable bonds is 4. The van der Waals surface area contributed by atoms with E-state index >= 15 is 0 Å². The highest BCUT2D eigenvalue weighted by Gasteiger charge is 2.39. The Morgan fingerprint density at radius 3 is 2.42 bits per heavy atom. The van der Waals surface area contributed by atoms with Crippen LogP contribution in [0.3, 0.4) is 0 Å². The Kier molecular flexibility index (Phi) is 6.82. The minimum absolute atomic E-state index is 0.250. The van der Waals surface area contributed by atoms with E-state index in [2.05, 4.69) is 28.5 Å². The first kappa shape index (κ1) is 22.6. The summed E-state index contributed by atoms with van der Waals surface area (Å²) >= 11 is 0. The molecule has 2 aromatic heterocycles. The van der Waals surface area contributed by atoms with Gasteiger partial charge in [0, 0.05) is 36.1 Å². The first-order valence-corrected chi connectivity index (χ1v) is 10.1. The van der Waals surface area contributed by atoms with E-state index in [0.717, 1.165) is 24.2 Å². The van der Waals surface area contributed by atoms with Gasteiger partial charge < -0.3 is 9.67 Å². The van der Waals surface area contributed by atoms with Gasteiger partial charge >= 0.3 is 6.18 Å². The Balaban J connectivity index is 0.000000858.